The lowest BCUT2D eigenvalue weighted by atomic mass is 10.1. The summed E-state index contributed by atoms with van der Waals surface area (Å²) in [5.74, 6) is -0.459. The second kappa shape index (κ2) is 5.02. The van der Waals surface area contributed by atoms with Crippen LogP contribution in [0.1, 0.15) is 15.9 Å². The van der Waals surface area contributed by atoms with Gasteiger partial charge in [-0.2, -0.15) is 0 Å². The molecule has 2 aromatic carbocycles. The summed E-state index contributed by atoms with van der Waals surface area (Å²) in [6.45, 7) is 2.03. The maximum Gasteiger partial charge on any atom is 0.248 e. The van der Waals surface area contributed by atoms with E-state index in [2.05, 4.69) is 0 Å². The molecule has 0 aromatic heterocycles. The first kappa shape index (κ1) is 13.0. The van der Waals surface area contributed by atoms with E-state index in [-0.39, 0.29) is 0 Å². The minimum Gasteiger partial charge on any atom is -0.397 e. The number of primary amides is 1. The molecule has 0 atom stereocenters. The van der Waals surface area contributed by atoms with Gasteiger partial charge in [0.25, 0.3) is 0 Å². The van der Waals surface area contributed by atoms with Crippen LogP contribution in [0.3, 0.4) is 0 Å². The molecule has 0 unspecified atom stereocenters. The van der Waals surface area contributed by atoms with Crippen molar-refractivity contribution in [3.8, 4) is 0 Å². The molecular weight excluding hydrogens is 238 g/mol. The Balaban J connectivity index is 2.49. The van der Waals surface area contributed by atoms with Gasteiger partial charge in [0.1, 0.15) is 0 Å². The first-order valence-corrected chi connectivity index (χ1v) is 5.99. The van der Waals surface area contributed by atoms with Crippen molar-refractivity contribution in [1.29, 1.82) is 0 Å². The van der Waals surface area contributed by atoms with E-state index in [0.29, 0.717) is 11.3 Å². The third-order valence-corrected chi connectivity index (χ3v) is 3.15. The summed E-state index contributed by atoms with van der Waals surface area (Å²) in [5.41, 5.74) is 15.3. The van der Waals surface area contributed by atoms with Crippen molar-refractivity contribution in [2.45, 2.75) is 6.92 Å². The zero-order chi connectivity index (χ0) is 14.0. The zero-order valence-corrected chi connectivity index (χ0v) is 11.1. The molecule has 0 spiro atoms. The molecule has 0 saturated carbocycles. The highest BCUT2D eigenvalue weighted by atomic mass is 16.1. The SMILES string of the molecule is Cc1ccccc1N(C)c1cc(C(N)=O)ccc1N. The summed E-state index contributed by atoms with van der Waals surface area (Å²) in [6, 6.07) is 13.0. The first-order valence-electron chi connectivity index (χ1n) is 5.99. The van der Waals surface area contributed by atoms with E-state index in [1.807, 2.05) is 43.1 Å². The number of aryl methyl sites for hydroxylation is 1. The molecular formula is C15H17N3O. The minimum absolute atomic E-state index is 0.449. The molecule has 0 bridgehead atoms. The average molecular weight is 255 g/mol. The summed E-state index contributed by atoms with van der Waals surface area (Å²) in [7, 11) is 1.92. The van der Waals surface area contributed by atoms with Crippen molar-refractivity contribution in [3.63, 3.8) is 0 Å². The van der Waals surface area contributed by atoms with Gasteiger partial charge in [-0.3, -0.25) is 4.79 Å². The molecule has 0 fully saturated rings. The third-order valence-electron chi connectivity index (χ3n) is 3.15. The van der Waals surface area contributed by atoms with E-state index in [9.17, 15) is 4.79 Å². The quantitative estimate of drug-likeness (QED) is 0.827. The van der Waals surface area contributed by atoms with Crippen molar-refractivity contribution in [1.82, 2.24) is 0 Å². The van der Waals surface area contributed by atoms with Gasteiger partial charge in [-0.1, -0.05) is 18.2 Å². The zero-order valence-electron chi connectivity index (χ0n) is 11.1. The fourth-order valence-corrected chi connectivity index (χ4v) is 2.06. The van der Waals surface area contributed by atoms with Crippen LogP contribution in [0.15, 0.2) is 42.5 Å². The standard InChI is InChI=1S/C15H17N3O/c1-10-5-3-4-6-13(10)18(2)14-9-11(15(17)19)7-8-12(14)16/h3-9H,16H2,1-2H3,(H2,17,19). The number of nitrogen functional groups attached to an aromatic ring is 1. The van der Waals surface area contributed by atoms with Gasteiger partial charge >= 0.3 is 0 Å². The number of hydrogen-bond donors (Lipinski definition) is 2. The Morgan fingerprint density at radius 1 is 1.11 bits per heavy atom. The summed E-state index contributed by atoms with van der Waals surface area (Å²) in [5, 5.41) is 0. The summed E-state index contributed by atoms with van der Waals surface area (Å²) in [4.78, 5) is 13.2. The predicted molar refractivity (Wildman–Crippen MR) is 78.6 cm³/mol. The van der Waals surface area contributed by atoms with E-state index in [0.717, 1.165) is 16.9 Å². The van der Waals surface area contributed by atoms with Crippen molar-refractivity contribution in [2.75, 3.05) is 17.7 Å². The Hall–Kier alpha value is -2.49. The highest BCUT2D eigenvalue weighted by Gasteiger charge is 2.12. The first-order chi connectivity index (χ1) is 9.00. The summed E-state index contributed by atoms with van der Waals surface area (Å²) < 4.78 is 0. The van der Waals surface area contributed by atoms with Gasteiger partial charge in [0.05, 0.1) is 11.4 Å². The third kappa shape index (κ3) is 2.52. The molecule has 98 valence electrons. The van der Waals surface area contributed by atoms with Crippen LogP contribution in [0.2, 0.25) is 0 Å². The second-order valence-corrected chi connectivity index (χ2v) is 4.48. The normalized spacial score (nSPS) is 10.2. The van der Waals surface area contributed by atoms with Crippen LogP contribution in [0.4, 0.5) is 17.1 Å². The Labute approximate surface area is 112 Å². The number of para-hydroxylation sites is 1. The molecule has 0 heterocycles. The number of amides is 1. The molecule has 0 saturated heterocycles. The fourth-order valence-electron chi connectivity index (χ4n) is 2.06. The highest BCUT2D eigenvalue weighted by Crippen LogP contribution is 2.31. The highest BCUT2D eigenvalue weighted by molar-refractivity contribution is 5.95. The average Bonchev–Trinajstić information content (AvgIpc) is 2.38. The van der Waals surface area contributed by atoms with Crippen molar-refractivity contribution >= 4 is 23.0 Å². The van der Waals surface area contributed by atoms with E-state index in [1.165, 1.54) is 0 Å². The number of benzene rings is 2. The number of rotatable bonds is 3. The molecule has 1 amide bonds. The van der Waals surface area contributed by atoms with Crippen LogP contribution in [0.25, 0.3) is 0 Å². The van der Waals surface area contributed by atoms with Gasteiger partial charge in [0.2, 0.25) is 5.91 Å². The molecule has 0 aliphatic carbocycles. The Morgan fingerprint density at radius 2 is 1.79 bits per heavy atom. The molecule has 2 rings (SSSR count). The molecule has 0 radical (unpaired) electrons. The number of anilines is 3. The summed E-state index contributed by atoms with van der Waals surface area (Å²) >= 11 is 0. The van der Waals surface area contributed by atoms with Crippen LogP contribution in [-0.4, -0.2) is 13.0 Å². The van der Waals surface area contributed by atoms with Crippen LogP contribution in [0, 0.1) is 6.92 Å². The number of hydrogen-bond acceptors (Lipinski definition) is 3. The van der Waals surface area contributed by atoms with Gasteiger partial charge in [-0.05, 0) is 36.8 Å². The van der Waals surface area contributed by atoms with Crippen molar-refractivity contribution in [2.24, 2.45) is 5.73 Å². The molecule has 4 N–H and O–H groups in total. The lowest BCUT2D eigenvalue weighted by Gasteiger charge is -2.23. The molecule has 0 aliphatic heterocycles. The molecule has 4 heteroatoms. The number of carbonyl (C=O) groups is 1. The summed E-state index contributed by atoms with van der Waals surface area (Å²) in [6.07, 6.45) is 0. The van der Waals surface area contributed by atoms with E-state index < -0.39 is 5.91 Å². The Morgan fingerprint density at radius 3 is 2.42 bits per heavy atom. The van der Waals surface area contributed by atoms with Gasteiger partial charge < -0.3 is 16.4 Å². The van der Waals surface area contributed by atoms with E-state index >= 15 is 0 Å². The molecule has 0 aliphatic rings. The number of carbonyl (C=O) groups excluding carboxylic acids is 1. The maximum atomic E-state index is 11.3. The largest absolute Gasteiger partial charge is 0.397 e. The monoisotopic (exact) mass is 255 g/mol. The maximum absolute atomic E-state index is 11.3. The number of nitrogens with zero attached hydrogens (tertiary/aromatic N) is 1. The van der Waals surface area contributed by atoms with Crippen molar-refractivity contribution < 1.29 is 4.79 Å². The minimum atomic E-state index is -0.459. The van der Waals surface area contributed by atoms with E-state index in [4.69, 9.17) is 11.5 Å². The molecule has 19 heavy (non-hydrogen) atoms. The van der Waals surface area contributed by atoms with Crippen LogP contribution in [-0.2, 0) is 0 Å². The Bertz CT molecular complexity index is 623. The Kier molecular flexibility index (Phi) is 3.42. The van der Waals surface area contributed by atoms with Gasteiger partial charge in [0, 0.05) is 18.3 Å². The lowest BCUT2D eigenvalue weighted by Crippen LogP contribution is -2.16. The fraction of sp³-hybridized carbons (Fsp3) is 0.133. The molecule has 4 nitrogen and oxygen atoms in total. The van der Waals surface area contributed by atoms with Gasteiger partial charge in [0.15, 0.2) is 0 Å². The molecule has 2 aromatic rings. The topological polar surface area (TPSA) is 72.3 Å². The van der Waals surface area contributed by atoms with E-state index in [1.54, 1.807) is 18.2 Å². The second-order valence-electron chi connectivity index (χ2n) is 4.48. The smallest absolute Gasteiger partial charge is 0.248 e. The van der Waals surface area contributed by atoms with Gasteiger partial charge in [-0.15, -0.1) is 0 Å². The van der Waals surface area contributed by atoms with Crippen LogP contribution >= 0.6 is 0 Å². The number of nitrogens with two attached hydrogens (primary N) is 2. The van der Waals surface area contributed by atoms with Gasteiger partial charge in [-0.25, -0.2) is 0 Å². The van der Waals surface area contributed by atoms with Crippen LogP contribution < -0.4 is 16.4 Å². The van der Waals surface area contributed by atoms with Crippen LogP contribution in [0.5, 0.6) is 0 Å². The van der Waals surface area contributed by atoms with Crippen molar-refractivity contribution in [3.05, 3.63) is 53.6 Å². The lowest BCUT2D eigenvalue weighted by molar-refractivity contribution is 0.100. The predicted octanol–water partition coefficient (Wildman–Crippen LogP) is 2.44.